The summed E-state index contributed by atoms with van der Waals surface area (Å²) in [6, 6.07) is 11.6. The summed E-state index contributed by atoms with van der Waals surface area (Å²) in [4.78, 5) is 28.4. The number of piperidine rings is 1. The summed E-state index contributed by atoms with van der Waals surface area (Å²) in [6.07, 6.45) is 5.37. The Morgan fingerprint density at radius 2 is 1.85 bits per heavy atom. The molecule has 5 aromatic rings. The van der Waals surface area contributed by atoms with Crippen LogP contribution in [-0.2, 0) is 0 Å². The molecule has 0 amide bonds. The lowest BCUT2D eigenvalue weighted by atomic mass is 9.89. The Hall–Kier alpha value is -4.68. The van der Waals surface area contributed by atoms with E-state index in [9.17, 15) is 9.90 Å². The highest BCUT2D eigenvalue weighted by molar-refractivity contribution is 6.00. The average Bonchev–Trinajstić information content (AvgIpc) is 3.68. The molecule has 0 aliphatic carbocycles. The molecule has 1 aliphatic heterocycles. The van der Waals surface area contributed by atoms with E-state index in [2.05, 4.69) is 25.3 Å². The monoisotopic (exact) mass is 539 g/mol. The molecule has 1 atom stereocenters. The number of anilines is 1. The maximum atomic E-state index is 12.7. The molecule has 0 radical (unpaired) electrons. The van der Waals surface area contributed by atoms with Gasteiger partial charge >= 0.3 is 0 Å². The average molecular weight is 540 g/mol. The SMILES string of the molecule is COc1ccc(-c2ccc(-c3cnn4c(N)c(C(C)=O)c(C5CCN(C(O)c6ncn[nH]6)CC5)nc34)cn2)cc1. The van der Waals surface area contributed by atoms with E-state index < -0.39 is 6.23 Å². The summed E-state index contributed by atoms with van der Waals surface area (Å²) in [6.45, 7) is 2.69. The Bertz CT molecular complexity index is 1640. The molecule has 4 N–H and O–H groups in total. The number of carbonyl (C=O) groups excluding carboxylic acids is 1. The number of methoxy groups -OCH3 is 1. The van der Waals surface area contributed by atoms with Gasteiger partial charge in [-0.3, -0.25) is 19.8 Å². The van der Waals surface area contributed by atoms with Gasteiger partial charge in [-0.1, -0.05) is 6.07 Å². The van der Waals surface area contributed by atoms with Crippen molar-refractivity contribution in [3.05, 3.63) is 72.2 Å². The number of nitrogens with two attached hydrogens (primary N) is 1. The second kappa shape index (κ2) is 10.5. The molecular formula is C28H29N9O3. The number of hydrogen-bond acceptors (Lipinski definition) is 10. The molecule has 1 aliphatic rings. The molecule has 40 heavy (non-hydrogen) atoms. The zero-order valence-electron chi connectivity index (χ0n) is 22.2. The maximum absolute atomic E-state index is 12.7. The Balaban J connectivity index is 1.31. The van der Waals surface area contributed by atoms with Crippen LogP contribution in [0, 0.1) is 0 Å². The lowest BCUT2D eigenvalue weighted by Crippen LogP contribution is -2.37. The summed E-state index contributed by atoms with van der Waals surface area (Å²) < 4.78 is 6.77. The minimum Gasteiger partial charge on any atom is -0.497 e. The molecule has 4 aromatic heterocycles. The van der Waals surface area contributed by atoms with Crippen molar-refractivity contribution in [2.45, 2.75) is 31.9 Å². The third-order valence-corrected chi connectivity index (χ3v) is 7.46. The highest BCUT2D eigenvalue weighted by atomic mass is 16.5. The van der Waals surface area contributed by atoms with Crippen LogP contribution in [0.4, 0.5) is 5.82 Å². The van der Waals surface area contributed by atoms with Gasteiger partial charge in [-0.25, -0.2) is 9.97 Å². The van der Waals surface area contributed by atoms with Gasteiger partial charge in [-0.2, -0.15) is 14.7 Å². The van der Waals surface area contributed by atoms with Crippen LogP contribution in [0.1, 0.15) is 53.8 Å². The third-order valence-electron chi connectivity index (χ3n) is 7.46. The van der Waals surface area contributed by atoms with Gasteiger partial charge in [0.2, 0.25) is 0 Å². The number of fused-ring (bicyclic) bond motifs is 1. The topological polar surface area (TPSA) is 160 Å². The molecule has 1 unspecified atom stereocenters. The van der Waals surface area contributed by atoms with Gasteiger partial charge < -0.3 is 15.6 Å². The van der Waals surface area contributed by atoms with E-state index in [0.29, 0.717) is 48.7 Å². The zero-order valence-corrected chi connectivity index (χ0v) is 22.2. The van der Waals surface area contributed by atoms with Crippen LogP contribution in [0.2, 0.25) is 0 Å². The number of aliphatic hydroxyl groups excluding tert-OH is 1. The second-order valence-electron chi connectivity index (χ2n) is 9.82. The molecule has 1 fully saturated rings. The van der Waals surface area contributed by atoms with Gasteiger partial charge in [-0.05, 0) is 50.1 Å². The summed E-state index contributed by atoms with van der Waals surface area (Å²) >= 11 is 0. The number of ketones is 1. The van der Waals surface area contributed by atoms with E-state index in [1.54, 1.807) is 19.5 Å². The number of benzene rings is 1. The minimum absolute atomic E-state index is 0.0114. The maximum Gasteiger partial charge on any atom is 0.168 e. The van der Waals surface area contributed by atoms with Gasteiger partial charge in [0.15, 0.2) is 23.5 Å². The van der Waals surface area contributed by atoms with Gasteiger partial charge in [0.25, 0.3) is 0 Å². The summed E-state index contributed by atoms with van der Waals surface area (Å²) in [7, 11) is 1.64. The molecule has 1 saturated heterocycles. The summed E-state index contributed by atoms with van der Waals surface area (Å²) in [5, 5.41) is 21.7. The van der Waals surface area contributed by atoms with Gasteiger partial charge in [0.1, 0.15) is 17.9 Å². The van der Waals surface area contributed by atoms with Crippen molar-refractivity contribution in [3.8, 4) is 28.1 Å². The lowest BCUT2D eigenvalue weighted by Gasteiger charge is -2.34. The summed E-state index contributed by atoms with van der Waals surface area (Å²) in [5.74, 6) is 1.29. The first-order valence-electron chi connectivity index (χ1n) is 13.0. The number of H-pyrrole nitrogens is 1. The number of nitrogens with zero attached hydrogens (tertiary/aromatic N) is 7. The van der Waals surface area contributed by atoms with E-state index in [1.807, 2.05) is 41.3 Å². The van der Waals surface area contributed by atoms with E-state index in [-0.39, 0.29) is 17.5 Å². The largest absolute Gasteiger partial charge is 0.497 e. The van der Waals surface area contributed by atoms with E-state index in [4.69, 9.17) is 15.5 Å². The van der Waals surface area contributed by atoms with E-state index in [0.717, 1.165) is 28.1 Å². The molecule has 204 valence electrons. The first kappa shape index (κ1) is 25.6. The van der Waals surface area contributed by atoms with Crippen molar-refractivity contribution in [1.82, 2.24) is 39.7 Å². The number of aliphatic hydroxyl groups is 1. The molecule has 6 rings (SSSR count). The lowest BCUT2D eigenvalue weighted by molar-refractivity contribution is -0.0193. The van der Waals surface area contributed by atoms with Crippen molar-refractivity contribution < 1.29 is 14.6 Å². The number of pyridine rings is 1. The van der Waals surface area contributed by atoms with Gasteiger partial charge in [0, 0.05) is 41.9 Å². The molecule has 12 nitrogen and oxygen atoms in total. The number of aromatic amines is 1. The van der Waals surface area contributed by atoms with Gasteiger partial charge in [0.05, 0.1) is 30.3 Å². The molecule has 12 heteroatoms. The Morgan fingerprint density at radius 3 is 2.48 bits per heavy atom. The number of hydrogen-bond donors (Lipinski definition) is 3. The zero-order chi connectivity index (χ0) is 27.8. The second-order valence-corrected chi connectivity index (χ2v) is 9.82. The van der Waals surface area contributed by atoms with E-state index >= 15 is 0 Å². The number of likely N-dealkylation sites (tertiary alicyclic amines) is 1. The molecule has 5 heterocycles. The number of aromatic nitrogens is 7. The van der Waals surface area contributed by atoms with Crippen molar-refractivity contribution >= 4 is 17.2 Å². The fraction of sp³-hybridized carbons (Fsp3) is 0.286. The highest BCUT2D eigenvalue weighted by Gasteiger charge is 2.31. The number of nitrogens with one attached hydrogen (secondary N) is 1. The number of carbonyl (C=O) groups is 1. The predicted octanol–water partition coefficient (Wildman–Crippen LogP) is 3.24. The van der Waals surface area contributed by atoms with E-state index in [1.165, 1.54) is 17.8 Å². The predicted molar refractivity (Wildman–Crippen MR) is 148 cm³/mol. The van der Waals surface area contributed by atoms with Crippen molar-refractivity contribution in [2.75, 3.05) is 25.9 Å². The number of rotatable bonds is 7. The molecule has 0 bridgehead atoms. The first-order chi connectivity index (χ1) is 19.4. The molecular weight excluding hydrogens is 510 g/mol. The standard InChI is InChI=1S/C28H29N9O3/c1-16(38)23-24(18-9-11-36(12-10-18)28(39)26-31-15-32-35-26)34-27-21(14-33-37(27)25(23)29)19-5-8-22(30-13-19)17-3-6-20(40-2)7-4-17/h3-8,13-15,18,28,39H,9-12,29H2,1-2H3,(H,31,32,35). The van der Waals surface area contributed by atoms with Crippen LogP contribution < -0.4 is 10.5 Å². The van der Waals surface area contributed by atoms with Crippen molar-refractivity contribution in [1.29, 1.82) is 0 Å². The summed E-state index contributed by atoms with van der Waals surface area (Å²) in [5.41, 5.74) is 11.6. The van der Waals surface area contributed by atoms with Crippen molar-refractivity contribution in [3.63, 3.8) is 0 Å². The normalized spacial score (nSPS) is 15.4. The van der Waals surface area contributed by atoms with Crippen LogP contribution in [0.25, 0.3) is 28.0 Å². The fourth-order valence-corrected chi connectivity index (χ4v) is 5.31. The van der Waals surface area contributed by atoms with Crippen LogP contribution in [0.3, 0.4) is 0 Å². The molecule has 0 spiro atoms. The van der Waals surface area contributed by atoms with Gasteiger partial charge in [-0.15, -0.1) is 0 Å². The van der Waals surface area contributed by atoms with Crippen LogP contribution in [0.5, 0.6) is 5.75 Å². The smallest absolute Gasteiger partial charge is 0.168 e. The number of ether oxygens (including phenoxy) is 1. The first-order valence-corrected chi connectivity index (χ1v) is 13.0. The molecule has 1 aromatic carbocycles. The minimum atomic E-state index is -0.869. The van der Waals surface area contributed by atoms with Crippen LogP contribution >= 0.6 is 0 Å². The Labute approximate surface area is 229 Å². The third kappa shape index (κ3) is 4.56. The molecule has 0 saturated carbocycles. The Morgan fingerprint density at radius 1 is 1.10 bits per heavy atom. The quantitative estimate of drug-likeness (QED) is 0.262. The van der Waals surface area contributed by atoms with Crippen LogP contribution in [-0.4, -0.2) is 70.8 Å². The highest BCUT2D eigenvalue weighted by Crippen LogP contribution is 2.36. The van der Waals surface area contributed by atoms with Crippen LogP contribution in [0.15, 0.2) is 55.1 Å². The fourth-order valence-electron chi connectivity index (χ4n) is 5.31. The van der Waals surface area contributed by atoms with Crippen molar-refractivity contribution in [2.24, 2.45) is 0 Å². The number of nitrogen functional groups attached to an aromatic ring is 1. The number of Topliss-reactive ketones (excluding diaryl/α,β-unsaturated/α-hetero) is 1. The Kier molecular flexibility index (Phi) is 6.70.